The van der Waals surface area contributed by atoms with E-state index in [2.05, 4.69) is 0 Å². The van der Waals surface area contributed by atoms with Crippen LogP contribution in [0.3, 0.4) is 0 Å². The molecule has 0 fully saturated rings. The van der Waals surface area contributed by atoms with E-state index in [0.29, 0.717) is 15.5 Å². The van der Waals surface area contributed by atoms with Crippen LogP contribution in [0.5, 0.6) is 0 Å². The quantitative estimate of drug-likeness (QED) is 0.710. The zero-order valence-corrected chi connectivity index (χ0v) is 8.81. The van der Waals surface area contributed by atoms with Gasteiger partial charge in [0, 0.05) is 10.9 Å². The van der Waals surface area contributed by atoms with Gasteiger partial charge in [-0.25, -0.2) is 0 Å². The summed E-state index contributed by atoms with van der Waals surface area (Å²) >= 11 is 7.12. The third kappa shape index (κ3) is 1.86. The Morgan fingerprint density at radius 1 is 1.21 bits per heavy atom. The molecule has 2 aromatic rings. The molecule has 0 amide bonds. The molecule has 2 rings (SSSR count). The van der Waals surface area contributed by atoms with E-state index in [9.17, 15) is 4.79 Å². The van der Waals surface area contributed by atoms with Crippen LogP contribution in [-0.4, -0.2) is 5.78 Å². The molecule has 0 radical (unpaired) electrons. The molecule has 0 saturated heterocycles. The molecule has 0 spiro atoms. The third-order valence-corrected chi connectivity index (χ3v) is 3.10. The molecule has 3 heteroatoms. The van der Waals surface area contributed by atoms with Crippen molar-refractivity contribution in [1.29, 1.82) is 0 Å². The van der Waals surface area contributed by atoms with Crippen LogP contribution in [0.1, 0.15) is 15.2 Å². The molecule has 0 aliphatic heterocycles. The van der Waals surface area contributed by atoms with Gasteiger partial charge in [0.25, 0.3) is 0 Å². The smallest absolute Gasteiger partial charge is 0.202 e. The van der Waals surface area contributed by atoms with Crippen molar-refractivity contribution in [3.05, 3.63) is 57.2 Å². The second kappa shape index (κ2) is 3.95. The first kappa shape index (κ1) is 9.44. The van der Waals surface area contributed by atoms with Gasteiger partial charge in [-0.05, 0) is 6.07 Å². The largest absolute Gasteiger partial charge is 0.288 e. The van der Waals surface area contributed by atoms with Crippen LogP contribution in [0, 0.1) is 0 Å². The van der Waals surface area contributed by atoms with Crippen molar-refractivity contribution < 1.29 is 4.79 Å². The van der Waals surface area contributed by atoms with Crippen molar-refractivity contribution in [3.63, 3.8) is 0 Å². The summed E-state index contributed by atoms with van der Waals surface area (Å²) in [4.78, 5) is 12.5. The van der Waals surface area contributed by atoms with E-state index >= 15 is 0 Å². The van der Waals surface area contributed by atoms with Gasteiger partial charge in [-0.3, -0.25) is 4.79 Å². The Kier molecular flexibility index (Phi) is 2.66. The number of benzene rings is 1. The van der Waals surface area contributed by atoms with Gasteiger partial charge in [-0.15, -0.1) is 11.3 Å². The van der Waals surface area contributed by atoms with Gasteiger partial charge in [-0.2, -0.15) is 0 Å². The van der Waals surface area contributed by atoms with Crippen LogP contribution in [0.15, 0.2) is 41.8 Å². The summed E-state index contributed by atoms with van der Waals surface area (Å²) in [6.07, 6.45) is 0. The SMILES string of the molecule is O=C(c1ccccc1)c1cc(Cl)cs1. The second-order valence-corrected chi connectivity index (χ2v) is 4.17. The number of ketones is 1. The summed E-state index contributed by atoms with van der Waals surface area (Å²) in [5.41, 5.74) is 0.700. The molecular formula is C11H7ClOS. The third-order valence-electron chi connectivity index (χ3n) is 1.83. The van der Waals surface area contributed by atoms with Gasteiger partial charge < -0.3 is 0 Å². The van der Waals surface area contributed by atoms with Gasteiger partial charge in [0.15, 0.2) is 0 Å². The lowest BCUT2D eigenvalue weighted by Gasteiger charge is -1.95. The molecule has 1 aromatic heterocycles. The molecule has 0 atom stereocenters. The van der Waals surface area contributed by atoms with Crippen molar-refractivity contribution in [2.24, 2.45) is 0 Å². The Bertz CT molecular complexity index is 447. The topological polar surface area (TPSA) is 17.1 Å². The summed E-state index contributed by atoms with van der Waals surface area (Å²) in [5, 5.41) is 2.38. The summed E-state index contributed by atoms with van der Waals surface area (Å²) in [6.45, 7) is 0. The van der Waals surface area contributed by atoms with Gasteiger partial charge >= 0.3 is 0 Å². The highest BCUT2D eigenvalue weighted by Crippen LogP contribution is 2.21. The van der Waals surface area contributed by atoms with E-state index in [1.165, 1.54) is 11.3 Å². The summed E-state index contributed by atoms with van der Waals surface area (Å²) < 4.78 is 0. The maximum absolute atomic E-state index is 11.8. The van der Waals surface area contributed by atoms with Crippen LogP contribution in [0.2, 0.25) is 5.02 Å². The van der Waals surface area contributed by atoms with E-state index in [0.717, 1.165) is 0 Å². The second-order valence-electron chi connectivity index (χ2n) is 2.82. The van der Waals surface area contributed by atoms with Crippen molar-refractivity contribution in [1.82, 2.24) is 0 Å². The first-order valence-corrected chi connectivity index (χ1v) is 5.37. The Labute approximate surface area is 91.0 Å². The summed E-state index contributed by atoms with van der Waals surface area (Å²) in [5.74, 6) is 0.0301. The highest BCUT2D eigenvalue weighted by molar-refractivity contribution is 7.12. The lowest BCUT2D eigenvalue weighted by Crippen LogP contribution is -1.97. The molecule has 0 bridgehead atoms. The van der Waals surface area contributed by atoms with Crippen molar-refractivity contribution in [2.45, 2.75) is 0 Å². The molecule has 0 saturated carbocycles. The molecule has 1 nitrogen and oxygen atoms in total. The zero-order chi connectivity index (χ0) is 9.97. The molecule has 1 heterocycles. The first-order valence-electron chi connectivity index (χ1n) is 4.11. The lowest BCUT2D eigenvalue weighted by molar-refractivity contribution is 0.104. The van der Waals surface area contributed by atoms with E-state index in [1.54, 1.807) is 23.6 Å². The van der Waals surface area contributed by atoms with E-state index in [4.69, 9.17) is 11.6 Å². The predicted molar refractivity (Wildman–Crippen MR) is 59.2 cm³/mol. The monoisotopic (exact) mass is 222 g/mol. The minimum absolute atomic E-state index is 0.0301. The van der Waals surface area contributed by atoms with Crippen LogP contribution in [0.4, 0.5) is 0 Å². The Morgan fingerprint density at radius 2 is 1.93 bits per heavy atom. The molecule has 0 unspecified atom stereocenters. The molecule has 70 valence electrons. The molecule has 0 N–H and O–H groups in total. The van der Waals surface area contributed by atoms with Gasteiger partial charge in [0.2, 0.25) is 5.78 Å². The number of hydrogen-bond donors (Lipinski definition) is 0. The zero-order valence-electron chi connectivity index (χ0n) is 7.24. The van der Waals surface area contributed by atoms with E-state index in [1.807, 2.05) is 18.2 Å². The summed E-state index contributed by atoms with van der Waals surface area (Å²) in [6, 6.07) is 10.9. The lowest BCUT2D eigenvalue weighted by atomic mass is 10.1. The van der Waals surface area contributed by atoms with Gasteiger partial charge in [-0.1, -0.05) is 41.9 Å². The predicted octanol–water partition coefficient (Wildman–Crippen LogP) is 3.63. The van der Waals surface area contributed by atoms with Gasteiger partial charge in [0.05, 0.1) is 9.90 Å². The Hall–Kier alpha value is -1.12. The minimum atomic E-state index is 0.0301. The fourth-order valence-electron chi connectivity index (χ4n) is 1.16. The fraction of sp³-hybridized carbons (Fsp3) is 0. The average Bonchev–Trinajstić information content (AvgIpc) is 2.65. The minimum Gasteiger partial charge on any atom is -0.288 e. The maximum atomic E-state index is 11.8. The number of carbonyl (C=O) groups excluding carboxylic acids is 1. The van der Waals surface area contributed by atoms with Crippen molar-refractivity contribution in [2.75, 3.05) is 0 Å². The fourth-order valence-corrected chi connectivity index (χ4v) is 2.20. The molecule has 0 aliphatic carbocycles. The highest BCUT2D eigenvalue weighted by atomic mass is 35.5. The highest BCUT2D eigenvalue weighted by Gasteiger charge is 2.10. The number of rotatable bonds is 2. The normalized spacial score (nSPS) is 10.1. The standard InChI is InChI=1S/C11H7ClOS/c12-9-6-10(14-7-9)11(13)8-4-2-1-3-5-8/h1-7H. The van der Waals surface area contributed by atoms with Crippen LogP contribution in [0.25, 0.3) is 0 Å². The molecule has 0 aliphatic rings. The summed E-state index contributed by atoms with van der Waals surface area (Å²) in [7, 11) is 0. The van der Waals surface area contributed by atoms with Crippen LogP contribution >= 0.6 is 22.9 Å². The van der Waals surface area contributed by atoms with E-state index < -0.39 is 0 Å². The van der Waals surface area contributed by atoms with Crippen molar-refractivity contribution in [3.8, 4) is 0 Å². The first-order chi connectivity index (χ1) is 6.77. The number of thiophene rings is 1. The number of halogens is 1. The van der Waals surface area contributed by atoms with Gasteiger partial charge in [0.1, 0.15) is 0 Å². The number of hydrogen-bond acceptors (Lipinski definition) is 2. The number of carbonyl (C=O) groups is 1. The van der Waals surface area contributed by atoms with Crippen LogP contribution < -0.4 is 0 Å². The maximum Gasteiger partial charge on any atom is 0.202 e. The van der Waals surface area contributed by atoms with Crippen LogP contribution in [-0.2, 0) is 0 Å². The Morgan fingerprint density at radius 3 is 2.50 bits per heavy atom. The average molecular weight is 223 g/mol. The Balaban J connectivity index is 2.34. The molecule has 14 heavy (non-hydrogen) atoms. The van der Waals surface area contributed by atoms with Crippen molar-refractivity contribution >= 4 is 28.7 Å². The molecular weight excluding hydrogens is 216 g/mol. The molecule has 1 aromatic carbocycles. The van der Waals surface area contributed by atoms with E-state index in [-0.39, 0.29) is 5.78 Å².